The van der Waals surface area contributed by atoms with Crippen LogP contribution in [0.25, 0.3) is 0 Å². The van der Waals surface area contributed by atoms with Gasteiger partial charge < -0.3 is 24.7 Å². The first-order valence-corrected chi connectivity index (χ1v) is 12.7. The normalized spacial score (nSPS) is 18.4. The molecular formula is C30H28N3O6-. The number of benzene rings is 2. The summed E-state index contributed by atoms with van der Waals surface area (Å²) >= 11 is 0. The van der Waals surface area contributed by atoms with E-state index in [9.17, 15) is 19.5 Å². The number of ketones is 1. The van der Waals surface area contributed by atoms with Crippen LogP contribution in [0, 0.1) is 0 Å². The lowest BCUT2D eigenvalue weighted by molar-refractivity contribution is -0.305. The Morgan fingerprint density at radius 3 is 2.51 bits per heavy atom. The van der Waals surface area contributed by atoms with E-state index in [0.717, 1.165) is 5.56 Å². The maximum absolute atomic E-state index is 14.0. The number of amides is 1. The Labute approximate surface area is 226 Å². The SMILES string of the molecule is COc1ccc([C@H]2CC(=O)C3=C(C2)Nc2ccccc2N(C(=O)CCC(=O)[O-])[C@H]3c2cccnc2)cc1OC. The molecule has 0 fully saturated rings. The van der Waals surface area contributed by atoms with E-state index in [1.807, 2.05) is 36.4 Å². The van der Waals surface area contributed by atoms with Crippen LogP contribution in [0.1, 0.15) is 48.8 Å². The van der Waals surface area contributed by atoms with Crippen LogP contribution in [0.2, 0.25) is 0 Å². The zero-order chi connectivity index (χ0) is 27.5. The highest BCUT2D eigenvalue weighted by Gasteiger charge is 2.41. The average molecular weight is 527 g/mol. The van der Waals surface area contributed by atoms with Crippen LogP contribution in [0.5, 0.6) is 11.5 Å². The van der Waals surface area contributed by atoms with E-state index in [4.69, 9.17) is 9.47 Å². The topological polar surface area (TPSA) is 121 Å². The number of aromatic nitrogens is 1. The summed E-state index contributed by atoms with van der Waals surface area (Å²) in [5, 5.41) is 14.7. The second kappa shape index (κ2) is 11.0. The van der Waals surface area contributed by atoms with Crippen LogP contribution in [0.3, 0.4) is 0 Å². The lowest BCUT2D eigenvalue weighted by Crippen LogP contribution is -2.39. The van der Waals surface area contributed by atoms with Gasteiger partial charge in [-0.1, -0.05) is 24.3 Å². The molecule has 1 N–H and O–H groups in total. The van der Waals surface area contributed by atoms with Gasteiger partial charge in [0, 0.05) is 42.5 Å². The number of carboxylic acid groups (broad SMARTS) is 1. The minimum atomic E-state index is -1.31. The van der Waals surface area contributed by atoms with Crippen molar-refractivity contribution in [3.63, 3.8) is 0 Å². The fourth-order valence-electron chi connectivity index (χ4n) is 5.39. The monoisotopic (exact) mass is 526 g/mol. The van der Waals surface area contributed by atoms with Crippen LogP contribution in [-0.2, 0) is 14.4 Å². The Bertz CT molecular complexity index is 1450. The van der Waals surface area contributed by atoms with Crippen molar-refractivity contribution in [1.82, 2.24) is 4.98 Å². The van der Waals surface area contributed by atoms with Crippen molar-refractivity contribution in [2.24, 2.45) is 0 Å². The molecule has 39 heavy (non-hydrogen) atoms. The molecule has 1 aromatic heterocycles. The molecule has 3 aromatic rings. The van der Waals surface area contributed by atoms with Crippen molar-refractivity contribution < 1.29 is 29.0 Å². The molecule has 2 heterocycles. The van der Waals surface area contributed by atoms with E-state index in [2.05, 4.69) is 10.3 Å². The molecule has 2 atom stereocenters. The maximum atomic E-state index is 14.0. The zero-order valence-electron chi connectivity index (χ0n) is 21.7. The predicted octanol–water partition coefficient (Wildman–Crippen LogP) is 3.53. The standard InChI is InChI=1S/C30H29N3O6/c1-38-25-10-9-18(16-26(25)39-2)20-14-22-29(24(34)15-20)30(19-6-5-13-31-17-19)33(27(35)11-12-28(36)37)23-8-4-3-7-21(23)32-22/h3-10,13,16-17,20,30,32H,11-12,14-15H2,1-2H3,(H,36,37)/p-1/t20-,30+/m1/s1. The molecule has 9 nitrogen and oxygen atoms in total. The molecule has 1 amide bonds. The highest BCUT2D eigenvalue weighted by molar-refractivity contribution is 6.06. The van der Waals surface area contributed by atoms with Crippen molar-refractivity contribution in [1.29, 1.82) is 0 Å². The van der Waals surface area contributed by atoms with E-state index >= 15 is 0 Å². The molecule has 2 aromatic carbocycles. The number of hydrogen-bond donors (Lipinski definition) is 1. The van der Waals surface area contributed by atoms with Gasteiger partial charge in [-0.25, -0.2) is 0 Å². The van der Waals surface area contributed by atoms with Crippen molar-refractivity contribution in [2.45, 2.75) is 37.6 Å². The number of carboxylic acids is 1. The Hall–Kier alpha value is -4.66. The van der Waals surface area contributed by atoms with Crippen molar-refractivity contribution >= 4 is 29.0 Å². The lowest BCUT2D eigenvalue weighted by Gasteiger charge is -2.35. The van der Waals surface area contributed by atoms with Crippen LogP contribution in [0.4, 0.5) is 11.4 Å². The third-order valence-corrected chi connectivity index (χ3v) is 7.18. The zero-order valence-corrected chi connectivity index (χ0v) is 21.7. The number of nitrogens with zero attached hydrogens (tertiary/aromatic N) is 2. The number of allylic oxidation sites excluding steroid dienone is 1. The molecule has 0 radical (unpaired) electrons. The molecule has 0 unspecified atom stereocenters. The quantitative estimate of drug-likeness (QED) is 0.496. The highest BCUT2D eigenvalue weighted by atomic mass is 16.5. The van der Waals surface area contributed by atoms with E-state index < -0.39 is 24.3 Å². The summed E-state index contributed by atoms with van der Waals surface area (Å²) < 4.78 is 10.9. The minimum absolute atomic E-state index is 0.108. The molecule has 1 aliphatic carbocycles. The number of para-hydroxylation sites is 2. The molecule has 2 aliphatic rings. The average Bonchev–Trinajstić information content (AvgIpc) is 3.10. The molecule has 9 heteroatoms. The third kappa shape index (κ3) is 5.07. The molecule has 0 saturated carbocycles. The van der Waals surface area contributed by atoms with Crippen LogP contribution >= 0.6 is 0 Å². The molecular weight excluding hydrogens is 498 g/mol. The summed E-state index contributed by atoms with van der Waals surface area (Å²) in [4.78, 5) is 44.6. The first kappa shape index (κ1) is 26.0. The summed E-state index contributed by atoms with van der Waals surface area (Å²) in [6.07, 6.45) is 3.31. The van der Waals surface area contributed by atoms with Gasteiger partial charge in [-0.2, -0.15) is 0 Å². The summed E-state index contributed by atoms with van der Waals surface area (Å²) in [6, 6.07) is 15.7. The predicted molar refractivity (Wildman–Crippen MR) is 142 cm³/mol. The number of rotatable bonds is 7. The minimum Gasteiger partial charge on any atom is -0.550 e. The number of pyridine rings is 1. The Balaban J connectivity index is 1.64. The van der Waals surface area contributed by atoms with Crippen LogP contribution < -0.4 is 24.8 Å². The Morgan fingerprint density at radius 1 is 1.00 bits per heavy atom. The second-order valence-corrected chi connectivity index (χ2v) is 9.50. The van der Waals surface area contributed by atoms with Gasteiger partial charge in [-0.15, -0.1) is 0 Å². The first-order valence-electron chi connectivity index (χ1n) is 12.7. The van der Waals surface area contributed by atoms with Crippen LogP contribution in [0.15, 0.2) is 78.3 Å². The molecule has 5 rings (SSSR count). The van der Waals surface area contributed by atoms with Gasteiger partial charge in [-0.05, 0) is 60.2 Å². The molecule has 0 bridgehead atoms. The van der Waals surface area contributed by atoms with E-state index in [1.165, 1.54) is 4.90 Å². The third-order valence-electron chi connectivity index (χ3n) is 7.18. The van der Waals surface area contributed by atoms with Gasteiger partial charge in [0.25, 0.3) is 0 Å². The summed E-state index contributed by atoms with van der Waals surface area (Å²) in [6.45, 7) is 0. The Morgan fingerprint density at radius 2 is 1.79 bits per heavy atom. The molecule has 0 saturated heterocycles. The number of carbonyl (C=O) groups is 3. The molecule has 0 spiro atoms. The second-order valence-electron chi connectivity index (χ2n) is 9.50. The highest BCUT2D eigenvalue weighted by Crippen LogP contribution is 2.48. The number of hydrogen-bond acceptors (Lipinski definition) is 8. The van der Waals surface area contributed by atoms with Gasteiger partial charge >= 0.3 is 0 Å². The number of ether oxygens (including phenoxy) is 2. The van der Waals surface area contributed by atoms with Gasteiger partial charge in [0.2, 0.25) is 5.91 Å². The Kier molecular flexibility index (Phi) is 7.31. The number of anilines is 2. The smallest absolute Gasteiger partial charge is 0.228 e. The number of methoxy groups -OCH3 is 2. The van der Waals surface area contributed by atoms with Crippen LogP contribution in [-0.4, -0.2) is 36.9 Å². The number of fused-ring (bicyclic) bond motifs is 1. The van der Waals surface area contributed by atoms with Gasteiger partial charge in [0.15, 0.2) is 17.3 Å². The molecule has 1 aliphatic heterocycles. The van der Waals surface area contributed by atoms with E-state index in [1.54, 1.807) is 44.8 Å². The van der Waals surface area contributed by atoms with E-state index in [0.29, 0.717) is 46.1 Å². The number of Topliss-reactive ketones (excluding diaryl/α,β-unsaturated/α-hetero) is 1. The number of carbonyl (C=O) groups excluding carboxylic acids is 3. The largest absolute Gasteiger partial charge is 0.550 e. The fourth-order valence-corrected chi connectivity index (χ4v) is 5.39. The fraction of sp³-hybridized carbons (Fsp3) is 0.267. The lowest BCUT2D eigenvalue weighted by atomic mass is 9.78. The van der Waals surface area contributed by atoms with Crippen molar-refractivity contribution in [2.75, 3.05) is 24.4 Å². The van der Waals surface area contributed by atoms with Gasteiger partial charge in [0.1, 0.15) is 0 Å². The summed E-state index contributed by atoms with van der Waals surface area (Å²) in [7, 11) is 3.15. The van der Waals surface area contributed by atoms with Gasteiger partial charge in [-0.3, -0.25) is 19.5 Å². The van der Waals surface area contributed by atoms with E-state index in [-0.39, 0.29) is 24.5 Å². The van der Waals surface area contributed by atoms with Gasteiger partial charge in [0.05, 0.1) is 31.6 Å². The maximum Gasteiger partial charge on any atom is 0.228 e. The van der Waals surface area contributed by atoms with Crippen molar-refractivity contribution in [3.05, 3.63) is 89.4 Å². The summed E-state index contributed by atoms with van der Waals surface area (Å²) in [5.41, 5.74) is 3.98. The number of aliphatic carboxylic acids is 1. The summed E-state index contributed by atoms with van der Waals surface area (Å²) in [5.74, 6) is -0.792. The molecule has 200 valence electrons. The van der Waals surface area contributed by atoms with Crippen molar-refractivity contribution in [3.8, 4) is 11.5 Å². The number of nitrogens with one attached hydrogen (secondary N) is 1. The first-order chi connectivity index (χ1) is 18.9.